The predicted octanol–water partition coefficient (Wildman–Crippen LogP) is 2.26. The predicted molar refractivity (Wildman–Crippen MR) is 89.9 cm³/mol. The standard InChI is InChI=1S/C18H26N2O3/c1-15(21)16-7-5-8-17(13-16)23-14-18(22)19-9-6-12-20-10-3-2-4-11-20/h5,7-8,13H,2-4,6,9-12,14H2,1H3,(H,19,22). The minimum atomic E-state index is -0.128. The molecule has 1 saturated heterocycles. The van der Waals surface area contributed by atoms with Gasteiger partial charge in [-0.2, -0.15) is 0 Å². The number of rotatable bonds is 8. The lowest BCUT2D eigenvalue weighted by Gasteiger charge is -2.26. The van der Waals surface area contributed by atoms with Crippen LogP contribution in [0.25, 0.3) is 0 Å². The Balaban J connectivity index is 1.61. The van der Waals surface area contributed by atoms with E-state index in [1.165, 1.54) is 39.3 Å². The Hall–Kier alpha value is -1.88. The number of benzene rings is 1. The average Bonchev–Trinajstić information content (AvgIpc) is 2.58. The van der Waals surface area contributed by atoms with E-state index in [1.54, 1.807) is 24.3 Å². The molecular formula is C18H26N2O3. The van der Waals surface area contributed by atoms with Crippen LogP contribution in [0, 0.1) is 0 Å². The zero-order chi connectivity index (χ0) is 16.5. The molecular weight excluding hydrogens is 292 g/mol. The summed E-state index contributed by atoms with van der Waals surface area (Å²) >= 11 is 0. The van der Waals surface area contributed by atoms with Crippen LogP contribution in [0.15, 0.2) is 24.3 Å². The lowest BCUT2D eigenvalue weighted by molar-refractivity contribution is -0.123. The van der Waals surface area contributed by atoms with Gasteiger partial charge in [-0.3, -0.25) is 9.59 Å². The van der Waals surface area contributed by atoms with Gasteiger partial charge in [-0.15, -0.1) is 0 Å². The third-order valence-electron chi connectivity index (χ3n) is 4.03. The van der Waals surface area contributed by atoms with Crippen molar-refractivity contribution in [2.24, 2.45) is 0 Å². The van der Waals surface area contributed by atoms with Crippen LogP contribution >= 0.6 is 0 Å². The topological polar surface area (TPSA) is 58.6 Å². The molecule has 1 heterocycles. The zero-order valence-corrected chi connectivity index (χ0v) is 13.8. The second-order valence-corrected chi connectivity index (χ2v) is 5.98. The number of nitrogens with zero attached hydrogens (tertiary/aromatic N) is 1. The number of ether oxygens (including phenoxy) is 1. The normalized spacial score (nSPS) is 15.2. The molecule has 0 spiro atoms. The van der Waals surface area contributed by atoms with E-state index in [4.69, 9.17) is 4.74 Å². The van der Waals surface area contributed by atoms with Gasteiger partial charge in [0.25, 0.3) is 5.91 Å². The minimum absolute atomic E-state index is 0.0161. The highest BCUT2D eigenvalue weighted by molar-refractivity contribution is 5.94. The lowest BCUT2D eigenvalue weighted by Crippen LogP contribution is -2.34. The molecule has 1 aliphatic heterocycles. The van der Waals surface area contributed by atoms with Crippen molar-refractivity contribution in [2.45, 2.75) is 32.6 Å². The number of piperidine rings is 1. The molecule has 1 aromatic carbocycles. The van der Waals surface area contributed by atoms with E-state index >= 15 is 0 Å². The van der Waals surface area contributed by atoms with Crippen molar-refractivity contribution in [3.63, 3.8) is 0 Å². The van der Waals surface area contributed by atoms with E-state index < -0.39 is 0 Å². The summed E-state index contributed by atoms with van der Waals surface area (Å²) in [6.07, 6.45) is 4.89. The Morgan fingerprint density at radius 1 is 1.22 bits per heavy atom. The summed E-state index contributed by atoms with van der Waals surface area (Å²) in [6, 6.07) is 6.89. The summed E-state index contributed by atoms with van der Waals surface area (Å²) in [4.78, 5) is 25.5. The van der Waals surface area contributed by atoms with Crippen LogP contribution in [-0.4, -0.2) is 49.4 Å². The SMILES string of the molecule is CC(=O)c1cccc(OCC(=O)NCCCN2CCCCC2)c1. The summed E-state index contributed by atoms with van der Waals surface area (Å²) in [5.74, 6) is 0.399. The molecule has 0 unspecified atom stereocenters. The Bertz CT molecular complexity index is 525. The maximum Gasteiger partial charge on any atom is 0.257 e. The second-order valence-electron chi connectivity index (χ2n) is 5.98. The summed E-state index contributed by atoms with van der Waals surface area (Å²) in [6.45, 7) is 5.57. The maximum absolute atomic E-state index is 11.8. The van der Waals surface area contributed by atoms with Gasteiger partial charge >= 0.3 is 0 Å². The molecule has 5 nitrogen and oxygen atoms in total. The molecule has 0 atom stereocenters. The Morgan fingerprint density at radius 2 is 2.00 bits per heavy atom. The zero-order valence-electron chi connectivity index (χ0n) is 13.8. The molecule has 1 N–H and O–H groups in total. The van der Waals surface area contributed by atoms with E-state index in [-0.39, 0.29) is 18.3 Å². The molecule has 1 fully saturated rings. The molecule has 5 heteroatoms. The van der Waals surface area contributed by atoms with Crippen LogP contribution in [0.4, 0.5) is 0 Å². The molecule has 0 radical (unpaired) electrons. The smallest absolute Gasteiger partial charge is 0.257 e. The van der Waals surface area contributed by atoms with Crippen molar-refractivity contribution >= 4 is 11.7 Å². The molecule has 23 heavy (non-hydrogen) atoms. The lowest BCUT2D eigenvalue weighted by atomic mass is 10.1. The van der Waals surface area contributed by atoms with Crippen LogP contribution in [-0.2, 0) is 4.79 Å². The van der Waals surface area contributed by atoms with Crippen LogP contribution in [0.2, 0.25) is 0 Å². The largest absolute Gasteiger partial charge is 0.484 e. The van der Waals surface area contributed by atoms with Gasteiger partial charge in [0.05, 0.1) is 0 Å². The number of hydrogen-bond acceptors (Lipinski definition) is 4. The number of nitrogens with one attached hydrogen (secondary N) is 1. The van der Waals surface area contributed by atoms with Crippen LogP contribution < -0.4 is 10.1 Å². The first-order valence-corrected chi connectivity index (χ1v) is 8.38. The number of carbonyl (C=O) groups is 2. The van der Waals surface area contributed by atoms with E-state index in [9.17, 15) is 9.59 Å². The monoisotopic (exact) mass is 318 g/mol. The molecule has 126 valence electrons. The first-order chi connectivity index (χ1) is 11.1. The molecule has 0 aliphatic carbocycles. The number of amides is 1. The average molecular weight is 318 g/mol. The highest BCUT2D eigenvalue weighted by Gasteiger charge is 2.09. The fraction of sp³-hybridized carbons (Fsp3) is 0.556. The molecule has 0 saturated carbocycles. The van der Waals surface area contributed by atoms with E-state index in [1.807, 2.05) is 0 Å². The molecule has 1 aromatic rings. The summed E-state index contributed by atoms with van der Waals surface area (Å²) in [5.41, 5.74) is 0.587. The number of carbonyl (C=O) groups excluding carboxylic acids is 2. The fourth-order valence-electron chi connectivity index (χ4n) is 2.72. The van der Waals surface area contributed by atoms with Gasteiger partial charge in [-0.05, 0) is 58.0 Å². The van der Waals surface area contributed by atoms with Gasteiger partial charge in [0.15, 0.2) is 12.4 Å². The highest BCUT2D eigenvalue weighted by atomic mass is 16.5. The van der Waals surface area contributed by atoms with Crippen LogP contribution in [0.5, 0.6) is 5.75 Å². The van der Waals surface area contributed by atoms with Gasteiger partial charge < -0.3 is 15.0 Å². The van der Waals surface area contributed by atoms with Crippen molar-refractivity contribution in [3.05, 3.63) is 29.8 Å². The quantitative estimate of drug-likeness (QED) is 0.590. The third-order valence-corrected chi connectivity index (χ3v) is 4.03. The highest BCUT2D eigenvalue weighted by Crippen LogP contribution is 2.13. The third kappa shape index (κ3) is 6.40. The maximum atomic E-state index is 11.8. The molecule has 0 aromatic heterocycles. The van der Waals surface area contributed by atoms with Crippen LogP contribution in [0.3, 0.4) is 0 Å². The summed E-state index contributed by atoms with van der Waals surface area (Å²) < 4.78 is 5.43. The number of likely N-dealkylation sites (tertiary alicyclic amines) is 1. The molecule has 1 aliphatic rings. The Labute approximate surface area is 138 Å². The Morgan fingerprint density at radius 3 is 2.74 bits per heavy atom. The summed E-state index contributed by atoms with van der Waals surface area (Å²) in [5, 5.41) is 2.87. The molecule has 2 rings (SSSR count). The minimum Gasteiger partial charge on any atom is -0.484 e. The van der Waals surface area contributed by atoms with E-state index in [0.717, 1.165) is 13.0 Å². The van der Waals surface area contributed by atoms with Crippen molar-refractivity contribution in [1.29, 1.82) is 0 Å². The van der Waals surface area contributed by atoms with Gasteiger partial charge in [-0.1, -0.05) is 18.6 Å². The first kappa shape index (κ1) is 17.5. The first-order valence-electron chi connectivity index (χ1n) is 8.38. The van der Waals surface area contributed by atoms with Gasteiger partial charge in [0.1, 0.15) is 5.75 Å². The molecule has 1 amide bonds. The number of hydrogen-bond donors (Lipinski definition) is 1. The van der Waals surface area contributed by atoms with Crippen molar-refractivity contribution in [1.82, 2.24) is 10.2 Å². The van der Waals surface area contributed by atoms with Gasteiger partial charge in [-0.25, -0.2) is 0 Å². The van der Waals surface area contributed by atoms with Crippen molar-refractivity contribution in [2.75, 3.05) is 32.8 Å². The fourth-order valence-corrected chi connectivity index (χ4v) is 2.72. The van der Waals surface area contributed by atoms with Gasteiger partial charge in [0, 0.05) is 12.1 Å². The molecule has 0 bridgehead atoms. The Kier molecular flexibility index (Phi) is 7.07. The number of ketones is 1. The van der Waals surface area contributed by atoms with E-state index in [0.29, 0.717) is 17.9 Å². The van der Waals surface area contributed by atoms with Crippen molar-refractivity contribution < 1.29 is 14.3 Å². The van der Waals surface area contributed by atoms with Crippen molar-refractivity contribution in [3.8, 4) is 5.75 Å². The van der Waals surface area contributed by atoms with Gasteiger partial charge in [0.2, 0.25) is 0 Å². The second kappa shape index (κ2) is 9.30. The number of Topliss-reactive ketones (excluding diaryl/α,β-unsaturated/α-hetero) is 1. The summed E-state index contributed by atoms with van der Waals surface area (Å²) in [7, 11) is 0. The van der Waals surface area contributed by atoms with Crippen LogP contribution in [0.1, 0.15) is 43.0 Å². The van der Waals surface area contributed by atoms with E-state index in [2.05, 4.69) is 10.2 Å².